The van der Waals surface area contributed by atoms with E-state index in [4.69, 9.17) is 4.74 Å². The van der Waals surface area contributed by atoms with Crippen molar-refractivity contribution in [2.75, 3.05) is 6.54 Å². The van der Waals surface area contributed by atoms with Crippen molar-refractivity contribution in [3.05, 3.63) is 102 Å². The number of carbonyl (C=O) groups excluding carboxylic acids is 1. The Bertz CT molecular complexity index is 1330. The van der Waals surface area contributed by atoms with Gasteiger partial charge in [-0.05, 0) is 48.7 Å². The first-order valence-corrected chi connectivity index (χ1v) is 12.4. The van der Waals surface area contributed by atoms with Gasteiger partial charge in [-0.3, -0.25) is 9.36 Å². The number of benzene rings is 3. The normalized spacial score (nSPS) is 13.8. The van der Waals surface area contributed by atoms with E-state index in [1.807, 2.05) is 58.9 Å². The number of nitrogens with zero attached hydrogens (tertiary/aromatic N) is 4. The largest absolute Gasteiger partial charge is 0.483 e. The van der Waals surface area contributed by atoms with Gasteiger partial charge in [0.2, 0.25) is 5.91 Å². The smallest absolute Gasteiger partial charge is 0.236 e. The van der Waals surface area contributed by atoms with Gasteiger partial charge in [-0.25, -0.2) is 4.39 Å². The van der Waals surface area contributed by atoms with Crippen LogP contribution in [0, 0.1) is 5.82 Å². The van der Waals surface area contributed by atoms with Gasteiger partial charge in [0.25, 0.3) is 0 Å². The molecule has 3 aromatic carbocycles. The summed E-state index contributed by atoms with van der Waals surface area (Å²) in [6, 6.07) is 24.2. The number of carbonyl (C=O) groups is 1. The van der Waals surface area contributed by atoms with Crippen LogP contribution in [0.15, 0.2) is 84.0 Å². The first kappa shape index (κ1) is 23.1. The Balaban J connectivity index is 1.35. The molecule has 0 aliphatic carbocycles. The zero-order chi connectivity index (χ0) is 24.2. The van der Waals surface area contributed by atoms with Crippen LogP contribution in [0.25, 0.3) is 5.69 Å². The van der Waals surface area contributed by atoms with Crippen LogP contribution in [-0.4, -0.2) is 37.4 Å². The summed E-state index contributed by atoms with van der Waals surface area (Å²) in [5, 5.41) is 8.90. The second kappa shape index (κ2) is 10.3. The predicted molar refractivity (Wildman–Crippen MR) is 133 cm³/mol. The number of rotatable bonds is 7. The van der Waals surface area contributed by atoms with Crippen LogP contribution in [0.4, 0.5) is 4.39 Å². The maximum absolute atomic E-state index is 14.0. The highest BCUT2D eigenvalue weighted by molar-refractivity contribution is 8.00. The lowest BCUT2D eigenvalue weighted by atomic mass is 10.00. The summed E-state index contributed by atoms with van der Waals surface area (Å²) in [7, 11) is 0. The first-order valence-electron chi connectivity index (χ1n) is 11.5. The van der Waals surface area contributed by atoms with E-state index in [-0.39, 0.29) is 23.5 Å². The van der Waals surface area contributed by atoms with Gasteiger partial charge in [0.05, 0.1) is 5.25 Å². The molecule has 4 aromatic rings. The molecule has 1 unspecified atom stereocenters. The number of halogens is 1. The zero-order valence-electron chi connectivity index (χ0n) is 19.3. The average molecular weight is 489 g/mol. The fourth-order valence-electron chi connectivity index (χ4n) is 4.16. The number of para-hydroxylation sites is 2. The highest BCUT2D eigenvalue weighted by Crippen LogP contribution is 2.29. The average Bonchev–Trinajstić information content (AvgIpc) is 3.30. The molecule has 0 spiro atoms. The Kier molecular flexibility index (Phi) is 6.81. The molecule has 0 radical (unpaired) electrons. The topological polar surface area (TPSA) is 60.3 Å². The van der Waals surface area contributed by atoms with Crippen LogP contribution in [-0.2, 0) is 24.4 Å². The molecule has 0 N–H and O–H groups in total. The highest BCUT2D eigenvalue weighted by Gasteiger charge is 2.27. The molecule has 0 saturated heterocycles. The van der Waals surface area contributed by atoms with Crippen LogP contribution in [0.5, 0.6) is 5.75 Å². The van der Waals surface area contributed by atoms with Gasteiger partial charge in [0.1, 0.15) is 6.61 Å². The number of hydrogen-bond acceptors (Lipinski definition) is 5. The number of ether oxygens (including phenoxy) is 1. The minimum absolute atomic E-state index is 0.0363. The zero-order valence-corrected chi connectivity index (χ0v) is 20.1. The Labute approximate surface area is 207 Å². The van der Waals surface area contributed by atoms with Gasteiger partial charge in [-0.15, -0.1) is 10.2 Å². The molecular weight excluding hydrogens is 463 g/mol. The Morgan fingerprint density at radius 1 is 1.00 bits per heavy atom. The molecule has 0 bridgehead atoms. The Morgan fingerprint density at radius 2 is 1.71 bits per heavy atom. The van der Waals surface area contributed by atoms with E-state index in [1.54, 1.807) is 18.2 Å². The van der Waals surface area contributed by atoms with Crippen LogP contribution >= 0.6 is 11.8 Å². The van der Waals surface area contributed by atoms with Crippen molar-refractivity contribution < 1.29 is 13.9 Å². The molecule has 6 nitrogen and oxygen atoms in total. The summed E-state index contributed by atoms with van der Waals surface area (Å²) >= 11 is 1.36. The maximum Gasteiger partial charge on any atom is 0.236 e. The lowest BCUT2D eigenvalue weighted by Gasteiger charge is -2.30. The van der Waals surface area contributed by atoms with Gasteiger partial charge in [-0.1, -0.05) is 66.4 Å². The fraction of sp³-hybridized carbons (Fsp3) is 0.222. The molecule has 35 heavy (non-hydrogen) atoms. The predicted octanol–water partition coefficient (Wildman–Crippen LogP) is 5.05. The van der Waals surface area contributed by atoms with E-state index in [1.165, 1.54) is 29.0 Å². The third kappa shape index (κ3) is 5.07. The highest BCUT2D eigenvalue weighted by atomic mass is 32.2. The summed E-state index contributed by atoms with van der Waals surface area (Å²) in [5.41, 5.74) is 3.35. The molecular formula is C27H25FN4O2S. The van der Waals surface area contributed by atoms with Crippen molar-refractivity contribution in [3.63, 3.8) is 0 Å². The monoisotopic (exact) mass is 488 g/mol. The van der Waals surface area contributed by atoms with Crippen molar-refractivity contribution in [2.24, 2.45) is 0 Å². The maximum atomic E-state index is 14.0. The van der Waals surface area contributed by atoms with Crippen molar-refractivity contribution in [1.29, 1.82) is 0 Å². The number of aromatic nitrogens is 3. The van der Waals surface area contributed by atoms with Gasteiger partial charge in [0.15, 0.2) is 22.5 Å². The number of fused-ring (bicyclic) bond motifs is 1. The molecule has 1 aromatic heterocycles. The molecule has 2 heterocycles. The minimum atomic E-state index is -0.435. The van der Waals surface area contributed by atoms with Gasteiger partial charge >= 0.3 is 0 Å². The number of amides is 1. The van der Waals surface area contributed by atoms with Crippen molar-refractivity contribution in [1.82, 2.24) is 19.7 Å². The molecule has 0 fully saturated rings. The first-order chi connectivity index (χ1) is 17.1. The summed E-state index contributed by atoms with van der Waals surface area (Å²) in [6.07, 6.45) is 0.858. The van der Waals surface area contributed by atoms with Crippen molar-refractivity contribution in [2.45, 2.75) is 36.9 Å². The quantitative estimate of drug-likeness (QED) is 0.341. The summed E-state index contributed by atoms with van der Waals surface area (Å²) < 4.78 is 21.6. The molecule has 0 saturated carbocycles. The van der Waals surface area contributed by atoms with Gasteiger partial charge in [0, 0.05) is 18.8 Å². The second-order valence-electron chi connectivity index (χ2n) is 8.33. The molecule has 8 heteroatoms. The van der Waals surface area contributed by atoms with E-state index in [9.17, 15) is 9.18 Å². The molecule has 1 aliphatic heterocycles. The van der Waals surface area contributed by atoms with E-state index in [0.29, 0.717) is 24.1 Å². The molecule has 1 aliphatic rings. The van der Waals surface area contributed by atoms with Crippen LogP contribution in [0.3, 0.4) is 0 Å². The number of hydrogen-bond donors (Lipinski definition) is 0. The summed E-state index contributed by atoms with van der Waals surface area (Å²) in [4.78, 5) is 15.2. The van der Waals surface area contributed by atoms with Gasteiger partial charge < -0.3 is 9.64 Å². The minimum Gasteiger partial charge on any atom is -0.483 e. The molecule has 1 atom stereocenters. The fourth-order valence-corrected chi connectivity index (χ4v) is 5.13. The van der Waals surface area contributed by atoms with E-state index in [0.717, 1.165) is 12.1 Å². The van der Waals surface area contributed by atoms with Crippen LogP contribution < -0.4 is 4.74 Å². The molecule has 5 rings (SSSR count). The Hall–Kier alpha value is -3.65. The lowest BCUT2D eigenvalue weighted by molar-refractivity contribution is -0.131. The standard InChI is InChI=1S/C27H25FN4O2S/c1-19(26(33)31-16-15-20-9-5-6-10-21(20)17-31)35-27-30-29-25(32(27)22-11-3-2-4-12-22)18-34-24-14-8-7-13-23(24)28/h2-14,19H,15-18H2,1H3. The van der Waals surface area contributed by atoms with E-state index < -0.39 is 5.82 Å². The number of thioether (sulfide) groups is 1. The van der Waals surface area contributed by atoms with Gasteiger partial charge in [-0.2, -0.15) is 0 Å². The van der Waals surface area contributed by atoms with E-state index in [2.05, 4.69) is 22.3 Å². The van der Waals surface area contributed by atoms with Crippen LogP contribution in [0.1, 0.15) is 23.9 Å². The molecule has 1 amide bonds. The molecule has 178 valence electrons. The van der Waals surface area contributed by atoms with Crippen molar-refractivity contribution in [3.8, 4) is 11.4 Å². The SMILES string of the molecule is CC(Sc1nnc(COc2ccccc2F)n1-c1ccccc1)C(=O)N1CCc2ccccc2C1. The lowest BCUT2D eigenvalue weighted by Crippen LogP contribution is -2.40. The third-order valence-corrected chi connectivity index (χ3v) is 7.01. The van der Waals surface area contributed by atoms with Crippen LogP contribution in [0.2, 0.25) is 0 Å². The van der Waals surface area contributed by atoms with Crippen molar-refractivity contribution >= 4 is 17.7 Å². The van der Waals surface area contributed by atoms with E-state index >= 15 is 0 Å². The summed E-state index contributed by atoms with van der Waals surface area (Å²) in [6.45, 7) is 3.25. The Morgan fingerprint density at radius 3 is 2.51 bits per heavy atom. The second-order valence-corrected chi connectivity index (χ2v) is 9.64. The third-order valence-electron chi connectivity index (χ3n) is 5.98. The summed E-state index contributed by atoms with van der Waals surface area (Å²) in [5.74, 6) is 0.304.